The van der Waals surface area contributed by atoms with E-state index in [4.69, 9.17) is 4.42 Å². The Morgan fingerprint density at radius 1 is 1.09 bits per heavy atom. The van der Waals surface area contributed by atoms with Crippen LogP contribution >= 0.6 is 0 Å². The summed E-state index contributed by atoms with van der Waals surface area (Å²) in [6.45, 7) is 1.67. The van der Waals surface area contributed by atoms with Gasteiger partial charge in [-0.25, -0.2) is 4.39 Å². The molecule has 0 saturated carbocycles. The molecule has 0 aliphatic rings. The second-order valence-electron chi connectivity index (χ2n) is 4.95. The third-order valence-electron chi connectivity index (χ3n) is 3.39. The van der Waals surface area contributed by atoms with Crippen molar-refractivity contribution in [2.24, 2.45) is 0 Å². The van der Waals surface area contributed by atoms with E-state index in [1.165, 1.54) is 12.3 Å². The molecule has 3 nitrogen and oxygen atoms in total. The number of halogens is 1. The lowest BCUT2D eigenvalue weighted by molar-refractivity contribution is 0.0997. The Morgan fingerprint density at radius 2 is 1.86 bits per heavy atom. The van der Waals surface area contributed by atoms with Crippen LogP contribution in [0.3, 0.4) is 0 Å². The highest BCUT2D eigenvalue weighted by Crippen LogP contribution is 2.25. The van der Waals surface area contributed by atoms with E-state index in [1.54, 1.807) is 25.1 Å². The van der Waals surface area contributed by atoms with E-state index in [1.807, 2.05) is 30.3 Å². The zero-order valence-corrected chi connectivity index (χ0v) is 12.0. The number of nitrogens with one attached hydrogen (secondary N) is 1. The lowest BCUT2D eigenvalue weighted by atomic mass is 10.1. The zero-order chi connectivity index (χ0) is 15.5. The number of carbonyl (C=O) groups is 1. The van der Waals surface area contributed by atoms with Gasteiger partial charge < -0.3 is 9.73 Å². The molecule has 2 aromatic carbocycles. The van der Waals surface area contributed by atoms with Crippen LogP contribution in [0.4, 0.5) is 10.1 Å². The molecule has 3 aromatic rings. The molecule has 1 heterocycles. The van der Waals surface area contributed by atoms with E-state index in [0.29, 0.717) is 16.8 Å². The van der Waals surface area contributed by atoms with Crippen LogP contribution in [-0.2, 0) is 0 Å². The predicted octanol–water partition coefficient (Wildman–Crippen LogP) is 4.65. The Kier molecular flexibility index (Phi) is 3.74. The molecule has 22 heavy (non-hydrogen) atoms. The van der Waals surface area contributed by atoms with Gasteiger partial charge in [-0.2, -0.15) is 0 Å². The Bertz CT molecular complexity index is 809. The number of rotatable bonds is 3. The van der Waals surface area contributed by atoms with Crippen molar-refractivity contribution in [2.75, 3.05) is 5.32 Å². The van der Waals surface area contributed by atoms with Gasteiger partial charge in [0.2, 0.25) is 0 Å². The largest absolute Gasteiger partial charge is 0.459 e. The number of amides is 1. The quantitative estimate of drug-likeness (QED) is 0.764. The molecule has 0 atom stereocenters. The predicted molar refractivity (Wildman–Crippen MR) is 83.2 cm³/mol. The van der Waals surface area contributed by atoms with Crippen LogP contribution in [0.25, 0.3) is 11.1 Å². The van der Waals surface area contributed by atoms with Crippen molar-refractivity contribution >= 4 is 11.6 Å². The molecule has 0 spiro atoms. The van der Waals surface area contributed by atoms with Gasteiger partial charge in [0.05, 0.1) is 6.26 Å². The van der Waals surface area contributed by atoms with E-state index in [2.05, 4.69) is 5.32 Å². The summed E-state index contributed by atoms with van der Waals surface area (Å²) in [5.41, 5.74) is 2.51. The fourth-order valence-electron chi connectivity index (χ4n) is 2.19. The highest BCUT2D eigenvalue weighted by molar-refractivity contribution is 6.06. The molecule has 0 radical (unpaired) electrons. The Labute approximate surface area is 127 Å². The fourth-order valence-corrected chi connectivity index (χ4v) is 2.19. The van der Waals surface area contributed by atoms with Gasteiger partial charge >= 0.3 is 0 Å². The van der Waals surface area contributed by atoms with Crippen LogP contribution in [0.15, 0.2) is 65.3 Å². The molecular weight excluding hydrogens is 281 g/mol. The molecular formula is C18H14FNO2. The summed E-state index contributed by atoms with van der Waals surface area (Å²) in [4.78, 5) is 12.3. The van der Waals surface area contributed by atoms with Crippen LogP contribution in [0.1, 0.15) is 16.1 Å². The van der Waals surface area contributed by atoms with Crippen molar-refractivity contribution in [1.29, 1.82) is 0 Å². The molecule has 0 saturated heterocycles. The third kappa shape index (κ3) is 2.76. The Hall–Kier alpha value is -2.88. The van der Waals surface area contributed by atoms with Crippen LogP contribution in [0.5, 0.6) is 0 Å². The van der Waals surface area contributed by atoms with Gasteiger partial charge in [0, 0.05) is 11.3 Å². The summed E-state index contributed by atoms with van der Waals surface area (Å²) in [7, 11) is 0. The van der Waals surface area contributed by atoms with Crippen molar-refractivity contribution in [1.82, 2.24) is 0 Å². The molecule has 0 aliphatic carbocycles. The second kappa shape index (κ2) is 5.85. The molecule has 110 valence electrons. The van der Waals surface area contributed by atoms with Crippen molar-refractivity contribution in [3.63, 3.8) is 0 Å². The number of aryl methyl sites for hydroxylation is 1. The van der Waals surface area contributed by atoms with Gasteiger partial charge in [-0.3, -0.25) is 4.79 Å². The highest BCUT2D eigenvalue weighted by atomic mass is 19.1. The van der Waals surface area contributed by atoms with E-state index in [-0.39, 0.29) is 11.6 Å². The molecule has 0 aliphatic heterocycles. The smallest absolute Gasteiger partial charge is 0.292 e. The van der Waals surface area contributed by atoms with Crippen LogP contribution in [0.2, 0.25) is 0 Å². The maximum atomic E-state index is 13.5. The molecule has 4 heteroatoms. The van der Waals surface area contributed by atoms with Gasteiger partial charge in [-0.05, 0) is 36.2 Å². The molecule has 0 bridgehead atoms. The first-order chi connectivity index (χ1) is 10.6. The third-order valence-corrected chi connectivity index (χ3v) is 3.39. The minimum absolute atomic E-state index is 0.201. The van der Waals surface area contributed by atoms with Crippen molar-refractivity contribution in [2.45, 2.75) is 6.92 Å². The highest BCUT2D eigenvalue weighted by Gasteiger charge is 2.17. The van der Waals surface area contributed by atoms with Gasteiger partial charge in [-0.15, -0.1) is 0 Å². The number of furan rings is 1. The van der Waals surface area contributed by atoms with E-state index < -0.39 is 5.91 Å². The number of carbonyl (C=O) groups excluding carboxylic acids is 1. The van der Waals surface area contributed by atoms with Gasteiger partial charge in [0.15, 0.2) is 5.76 Å². The van der Waals surface area contributed by atoms with Gasteiger partial charge in [-0.1, -0.05) is 36.4 Å². The zero-order valence-electron chi connectivity index (χ0n) is 12.0. The average Bonchev–Trinajstić information content (AvgIpc) is 3.01. The molecule has 1 aromatic heterocycles. The SMILES string of the molecule is Cc1ccc(NC(=O)c2occc2-c2ccccc2)cc1F. The molecule has 3 rings (SSSR count). The van der Waals surface area contributed by atoms with Crippen molar-refractivity contribution in [3.05, 3.63) is 78.0 Å². The summed E-state index contributed by atoms with van der Waals surface area (Å²) in [5, 5.41) is 2.65. The first kappa shape index (κ1) is 14.1. The first-order valence-corrected chi connectivity index (χ1v) is 6.85. The van der Waals surface area contributed by atoms with E-state index in [9.17, 15) is 9.18 Å². The number of hydrogen-bond donors (Lipinski definition) is 1. The summed E-state index contributed by atoms with van der Waals surface area (Å²) in [6, 6.07) is 15.8. The van der Waals surface area contributed by atoms with E-state index >= 15 is 0 Å². The normalized spacial score (nSPS) is 10.5. The van der Waals surface area contributed by atoms with Gasteiger partial charge in [0.25, 0.3) is 5.91 Å². The lowest BCUT2D eigenvalue weighted by Gasteiger charge is -2.06. The molecule has 1 N–H and O–H groups in total. The number of anilines is 1. The van der Waals surface area contributed by atoms with Crippen molar-refractivity contribution < 1.29 is 13.6 Å². The number of hydrogen-bond acceptors (Lipinski definition) is 2. The van der Waals surface area contributed by atoms with Crippen LogP contribution in [-0.4, -0.2) is 5.91 Å². The Balaban J connectivity index is 1.87. The molecule has 0 unspecified atom stereocenters. The summed E-state index contributed by atoms with van der Waals surface area (Å²) in [6.07, 6.45) is 1.47. The fraction of sp³-hybridized carbons (Fsp3) is 0.0556. The van der Waals surface area contributed by atoms with Crippen molar-refractivity contribution in [3.8, 4) is 11.1 Å². The average molecular weight is 295 g/mol. The van der Waals surface area contributed by atoms with Gasteiger partial charge in [0.1, 0.15) is 5.82 Å². The lowest BCUT2D eigenvalue weighted by Crippen LogP contribution is -2.12. The first-order valence-electron chi connectivity index (χ1n) is 6.85. The maximum Gasteiger partial charge on any atom is 0.292 e. The minimum Gasteiger partial charge on any atom is -0.459 e. The summed E-state index contributed by atoms with van der Waals surface area (Å²) in [5.74, 6) is -0.570. The molecule has 0 fully saturated rings. The minimum atomic E-state index is -0.410. The van der Waals surface area contributed by atoms with Crippen LogP contribution in [0, 0.1) is 12.7 Å². The second-order valence-corrected chi connectivity index (χ2v) is 4.95. The summed E-state index contributed by atoms with van der Waals surface area (Å²) < 4.78 is 18.8. The van der Waals surface area contributed by atoms with Crippen LogP contribution < -0.4 is 5.32 Å². The van der Waals surface area contributed by atoms with E-state index in [0.717, 1.165) is 5.56 Å². The topological polar surface area (TPSA) is 42.2 Å². The Morgan fingerprint density at radius 3 is 2.59 bits per heavy atom. The maximum absolute atomic E-state index is 13.5. The number of benzene rings is 2. The summed E-state index contributed by atoms with van der Waals surface area (Å²) >= 11 is 0. The molecule has 1 amide bonds. The standard InChI is InChI=1S/C18H14FNO2/c1-12-7-8-14(11-16(12)19)20-18(21)17-15(9-10-22-17)13-5-3-2-4-6-13/h2-11H,1H3,(H,20,21). The monoisotopic (exact) mass is 295 g/mol.